The second-order valence-electron chi connectivity index (χ2n) is 6.20. The molecule has 1 saturated carbocycles. The summed E-state index contributed by atoms with van der Waals surface area (Å²) < 4.78 is 26.8. The van der Waals surface area contributed by atoms with E-state index in [1.807, 2.05) is 25.1 Å². The molecule has 1 aromatic carbocycles. The predicted octanol–water partition coefficient (Wildman–Crippen LogP) is 3.96. The van der Waals surface area contributed by atoms with Crippen LogP contribution in [-0.4, -0.2) is 19.0 Å². The van der Waals surface area contributed by atoms with Crippen LogP contribution in [-0.2, 0) is 14.9 Å². The van der Waals surface area contributed by atoms with Crippen LogP contribution >= 0.6 is 0 Å². The number of hydrogen-bond acceptors (Lipinski definition) is 2. The van der Waals surface area contributed by atoms with Crippen LogP contribution < -0.4 is 0 Å². The molecule has 2 aliphatic carbocycles. The molecule has 106 valence electrons. The van der Waals surface area contributed by atoms with Crippen molar-refractivity contribution in [1.82, 2.24) is 0 Å². The lowest BCUT2D eigenvalue weighted by Crippen LogP contribution is -2.44. The molecule has 0 aromatic heterocycles. The number of fused-ring (bicyclic) bond motifs is 2. The molecule has 2 fully saturated rings. The van der Waals surface area contributed by atoms with E-state index in [1.54, 1.807) is 0 Å². The van der Waals surface area contributed by atoms with E-state index in [4.69, 9.17) is 9.47 Å². The van der Waals surface area contributed by atoms with Gasteiger partial charge in [0.05, 0.1) is 18.6 Å². The van der Waals surface area contributed by atoms with Crippen molar-refractivity contribution in [3.63, 3.8) is 0 Å². The Labute approximate surface area is 118 Å². The lowest BCUT2D eigenvalue weighted by atomic mass is 9.68. The van der Waals surface area contributed by atoms with Gasteiger partial charge in [-0.05, 0) is 36.5 Å². The van der Waals surface area contributed by atoms with E-state index in [1.165, 1.54) is 0 Å². The van der Waals surface area contributed by atoms with Crippen LogP contribution in [0.2, 0.25) is 0 Å². The molecule has 1 heterocycles. The number of hydrogen-bond donors (Lipinski definition) is 0. The van der Waals surface area contributed by atoms with Crippen LogP contribution in [0.4, 0.5) is 4.39 Å². The maximum atomic E-state index is 15.1. The first-order valence-electron chi connectivity index (χ1n) is 7.42. The minimum Gasteiger partial charge on any atom is -0.347 e. The summed E-state index contributed by atoms with van der Waals surface area (Å²) in [6.07, 6.45) is 3.28. The Bertz CT molecular complexity index is 586. The topological polar surface area (TPSA) is 18.5 Å². The molecule has 1 aliphatic heterocycles. The number of allylic oxidation sites excluding steroid dienone is 2. The largest absolute Gasteiger partial charge is 0.347 e. The van der Waals surface area contributed by atoms with E-state index in [0.717, 1.165) is 36.0 Å². The van der Waals surface area contributed by atoms with Crippen molar-refractivity contribution in [2.45, 2.75) is 43.8 Å². The molecule has 0 bridgehead atoms. The summed E-state index contributed by atoms with van der Waals surface area (Å²) in [5.74, 6) is -0.537. The van der Waals surface area contributed by atoms with Gasteiger partial charge in [-0.2, -0.15) is 0 Å². The Kier molecular flexibility index (Phi) is 2.60. The third kappa shape index (κ3) is 1.51. The van der Waals surface area contributed by atoms with Crippen LogP contribution in [0, 0.1) is 0 Å². The van der Waals surface area contributed by atoms with Gasteiger partial charge in [0.25, 0.3) is 0 Å². The Morgan fingerprint density at radius 2 is 1.85 bits per heavy atom. The molecule has 1 atom stereocenters. The molecular formula is C17H19FO2. The second kappa shape index (κ2) is 4.15. The molecule has 2 spiro atoms. The molecule has 0 amide bonds. The standard InChI is InChI=1S/C17H19FO2/c1-12-13-5-2-3-6-14(13)16(15(12)18)7-4-8-17(11-16)19-9-10-20-17/h2-3,5-6H,4,7-11H2,1H3/t16-/m1/s1. The van der Waals surface area contributed by atoms with Crippen LogP contribution in [0.15, 0.2) is 30.1 Å². The van der Waals surface area contributed by atoms with Crippen LogP contribution in [0.3, 0.4) is 0 Å². The van der Waals surface area contributed by atoms with Gasteiger partial charge in [0.2, 0.25) is 0 Å². The van der Waals surface area contributed by atoms with Crippen molar-refractivity contribution in [3.05, 3.63) is 41.2 Å². The Morgan fingerprint density at radius 1 is 1.10 bits per heavy atom. The van der Waals surface area contributed by atoms with Crippen molar-refractivity contribution in [1.29, 1.82) is 0 Å². The maximum Gasteiger partial charge on any atom is 0.169 e. The molecule has 0 unspecified atom stereocenters. The van der Waals surface area contributed by atoms with Crippen LogP contribution in [0.1, 0.15) is 43.7 Å². The fraction of sp³-hybridized carbons (Fsp3) is 0.529. The highest BCUT2D eigenvalue weighted by Gasteiger charge is 2.54. The van der Waals surface area contributed by atoms with Crippen LogP contribution in [0.25, 0.3) is 5.57 Å². The second-order valence-corrected chi connectivity index (χ2v) is 6.20. The molecule has 3 aliphatic rings. The highest BCUT2D eigenvalue weighted by Crippen LogP contribution is 2.57. The monoisotopic (exact) mass is 274 g/mol. The van der Waals surface area contributed by atoms with E-state index in [2.05, 4.69) is 6.07 Å². The third-order valence-corrected chi connectivity index (χ3v) is 5.14. The highest BCUT2D eigenvalue weighted by atomic mass is 19.1. The summed E-state index contributed by atoms with van der Waals surface area (Å²) in [7, 11) is 0. The van der Waals surface area contributed by atoms with Crippen molar-refractivity contribution >= 4 is 5.57 Å². The zero-order valence-corrected chi connectivity index (χ0v) is 11.7. The molecule has 0 radical (unpaired) electrons. The molecule has 2 nitrogen and oxygen atoms in total. The van der Waals surface area contributed by atoms with Gasteiger partial charge in [-0.1, -0.05) is 24.3 Å². The molecule has 1 saturated heterocycles. The molecule has 0 N–H and O–H groups in total. The normalized spacial score (nSPS) is 31.3. The van der Waals surface area contributed by atoms with Crippen molar-refractivity contribution in [2.24, 2.45) is 0 Å². The van der Waals surface area contributed by atoms with E-state index < -0.39 is 11.2 Å². The first-order valence-corrected chi connectivity index (χ1v) is 7.42. The van der Waals surface area contributed by atoms with E-state index in [0.29, 0.717) is 19.6 Å². The smallest absolute Gasteiger partial charge is 0.169 e. The summed E-state index contributed by atoms with van der Waals surface area (Å²) in [5, 5.41) is 0. The summed E-state index contributed by atoms with van der Waals surface area (Å²) >= 11 is 0. The number of ether oxygens (including phenoxy) is 2. The summed E-state index contributed by atoms with van der Waals surface area (Å²) in [4.78, 5) is 0. The minimum atomic E-state index is -0.562. The summed E-state index contributed by atoms with van der Waals surface area (Å²) in [6.45, 7) is 3.14. The number of benzene rings is 1. The van der Waals surface area contributed by atoms with Gasteiger partial charge in [0.15, 0.2) is 5.79 Å². The molecule has 20 heavy (non-hydrogen) atoms. The Hall–Kier alpha value is -1.19. The Balaban J connectivity index is 1.84. The van der Waals surface area contributed by atoms with Crippen molar-refractivity contribution in [2.75, 3.05) is 13.2 Å². The van der Waals surface area contributed by atoms with Crippen molar-refractivity contribution in [3.8, 4) is 0 Å². The fourth-order valence-electron chi connectivity index (χ4n) is 4.28. The maximum absolute atomic E-state index is 15.1. The van der Waals surface area contributed by atoms with Crippen molar-refractivity contribution < 1.29 is 13.9 Å². The highest BCUT2D eigenvalue weighted by molar-refractivity contribution is 5.77. The third-order valence-electron chi connectivity index (χ3n) is 5.14. The van der Waals surface area contributed by atoms with E-state index >= 15 is 4.39 Å². The van der Waals surface area contributed by atoms with E-state index in [-0.39, 0.29) is 5.83 Å². The minimum absolute atomic E-state index is 0.0249. The summed E-state index contributed by atoms with van der Waals surface area (Å²) in [5.41, 5.74) is 2.44. The quantitative estimate of drug-likeness (QED) is 0.713. The Morgan fingerprint density at radius 3 is 2.65 bits per heavy atom. The molecular weight excluding hydrogens is 255 g/mol. The molecule has 1 aromatic rings. The van der Waals surface area contributed by atoms with Gasteiger partial charge in [0, 0.05) is 12.8 Å². The number of rotatable bonds is 0. The van der Waals surface area contributed by atoms with Gasteiger partial charge in [-0.15, -0.1) is 0 Å². The summed E-state index contributed by atoms with van der Waals surface area (Å²) in [6, 6.07) is 8.08. The van der Waals surface area contributed by atoms with Gasteiger partial charge in [-0.3, -0.25) is 0 Å². The zero-order valence-electron chi connectivity index (χ0n) is 11.7. The lowest BCUT2D eigenvalue weighted by molar-refractivity contribution is -0.189. The fourth-order valence-corrected chi connectivity index (χ4v) is 4.28. The van der Waals surface area contributed by atoms with Gasteiger partial charge in [-0.25, -0.2) is 4.39 Å². The zero-order chi connectivity index (χ0) is 13.8. The van der Waals surface area contributed by atoms with Gasteiger partial charge >= 0.3 is 0 Å². The predicted molar refractivity (Wildman–Crippen MR) is 74.9 cm³/mol. The average molecular weight is 274 g/mol. The van der Waals surface area contributed by atoms with E-state index in [9.17, 15) is 0 Å². The van der Waals surface area contributed by atoms with Gasteiger partial charge < -0.3 is 9.47 Å². The molecule has 4 rings (SSSR count). The molecule has 3 heteroatoms. The SMILES string of the molecule is CC1=C(F)[C@@]2(CCCC3(C2)OCCO3)c2ccccc21. The lowest BCUT2D eigenvalue weighted by Gasteiger charge is -2.43. The first-order chi connectivity index (χ1) is 9.67. The first kappa shape index (κ1) is 12.5. The number of halogens is 1. The van der Waals surface area contributed by atoms with Crippen LogP contribution in [0.5, 0.6) is 0 Å². The average Bonchev–Trinajstić information content (AvgIpc) is 2.99. The van der Waals surface area contributed by atoms with Gasteiger partial charge in [0.1, 0.15) is 5.83 Å².